The van der Waals surface area contributed by atoms with Gasteiger partial charge in [-0.1, -0.05) is 32.4 Å². The van der Waals surface area contributed by atoms with Gasteiger partial charge >= 0.3 is 12.1 Å². The minimum atomic E-state index is -4.38. The Hall–Kier alpha value is -3.07. The molecule has 0 aliphatic carbocycles. The smallest absolute Gasteiger partial charge is 0.416 e. The molecule has 2 aromatic carbocycles. The fraction of sp³-hybridized carbons (Fsp3) is 0.407. The van der Waals surface area contributed by atoms with Gasteiger partial charge in [-0.15, -0.1) is 11.3 Å². The summed E-state index contributed by atoms with van der Waals surface area (Å²) in [6.07, 6.45) is -2.99. The van der Waals surface area contributed by atoms with Crippen LogP contribution in [-0.4, -0.2) is 21.7 Å². The van der Waals surface area contributed by atoms with E-state index >= 15 is 0 Å². The first kappa shape index (κ1) is 27.5. The van der Waals surface area contributed by atoms with Crippen LogP contribution in [0.15, 0.2) is 42.5 Å². The van der Waals surface area contributed by atoms with E-state index in [2.05, 4.69) is 4.98 Å². The Bertz CT molecular complexity index is 1210. The summed E-state index contributed by atoms with van der Waals surface area (Å²) in [5, 5.41) is 10.2. The van der Waals surface area contributed by atoms with Gasteiger partial charge in [0.2, 0.25) is 5.60 Å². The SMILES string of the molecule is CCCC(C)(Oc1ccc(OC(CC)c2sc(-c3ccc(C(F)(F)F)cc3)nc2C)cc1C)C(=O)O. The van der Waals surface area contributed by atoms with Crippen LogP contribution in [0.2, 0.25) is 0 Å². The molecule has 2 atom stereocenters. The van der Waals surface area contributed by atoms with Crippen molar-refractivity contribution in [1.29, 1.82) is 0 Å². The van der Waals surface area contributed by atoms with Crippen LogP contribution in [0.1, 0.15) is 67.8 Å². The highest BCUT2D eigenvalue weighted by Crippen LogP contribution is 2.38. The molecular formula is C27H30F3NO4S. The summed E-state index contributed by atoms with van der Waals surface area (Å²) < 4.78 is 50.8. The Kier molecular flexibility index (Phi) is 8.33. The molecule has 2 unspecified atom stereocenters. The van der Waals surface area contributed by atoms with Crippen LogP contribution in [0.25, 0.3) is 10.6 Å². The van der Waals surface area contributed by atoms with E-state index in [1.54, 1.807) is 25.1 Å². The van der Waals surface area contributed by atoms with E-state index in [0.29, 0.717) is 41.3 Å². The third-order valence-corrected chi connectivity index (χ3v) is 7.19. The Morgan fingerprint density at radius 1 is 1.11 bits per heavy atom. The summed E-state index contributed by atoms with van der Waals surface area (Å²) in [6, 6.07) is 10.2. The van der Waals surface area contributed by atoms with Crippen molar-refractivity contribution in [3.63, 3.8) is 0 Å². The minimum absolute atomic E-state index is 0.304. The number of aliphatic carboxylic acids is 1. The lowest BCUT2D eigenvalue weighted by Crippen LogP contribution is -2.41. The molecule has 5 nitrogen and oxygen atoms in total. The maximum Gasteiger partial charge on any atom is 0.416 e. The lowest BCUT2D eigenvalue weighted by atomic mass is 10.0. The van der Waals surface area contributed by atoms with Crippen LogP contribution < -0.4 is 9.47 Å². The second-order valence-electron chi connectivity index (χ2n) is 8.87. The van der Waals surface area contributed by atoms with E-state index in [1.807, 2.05) is 27.7 Å². The highest BCUT2D eigenvalue weighted by Gasteiger charge is 2.35. The topological polar surface area (TPSA) is 68.7 Å². The van der Waals surface area contributed by atoms with Gasteiger partial charge < -0.3 is 14.6 Å². The molecule has 0 amide bonds. The molecule has 3 rings (SSSR count). The molecule has 3 aromatic rings. The van der Waals surface area contributed by atoms with Crippen LogP contribution in [0.5, 0.6) is 11.5 Å². The average molecular weight is 522 g/mol. The number of alkyl halides is 3. The number of hydrogen-bond donors (Lipinski definition) is 1. The van der Waals surface area contributed by atoms with Gasteiger partial charge in [-0.2, -0.15) is 13.2 Å². The molecule has 36 heavy (non-hydrogen) atoms. The summed E-state index contributed by atoms with van der Waals surface area (Å²) in [6.45, 7) is 9.14. The summed E-state index contributed by atoms with van der Waals surface area (Å²) in [5.41, 5.74) is 0.105. The van der Waals surface area contributed by atoms with E-state index in [0.717, 1.165) is 28.3 Å². The van der Waals surface area contributed by atoms with Gasteiger partial charge in [0, 0.05) is 5.56 Å². The van der Waals surface area contributed by atoms with E-state index < -0.39 is 23.3 Å². The van der Waals surface area contributed by atoms with Gasteiger partial charge in [-0.25, -0.2) is 9.78 Å². The lowest BCUT2D eigenvalue weighted by molar-refractivity contribution is -0.154. The zero-order valence-electron chi connectivity index (χ0n) is 20.9. The largest absolute Gasteiger partial charge is 0.485 e. The molecule has 1 heterocycles. The molecule has 0 aliphatic heterocycles. The first-order chi connectivity index (χ1) is 16.9. The quantitative estimate of drug-likeness (QED) is 0.293. The van der Waals surface area contributed by atoms with Crippen molar-refractivity contribution in [3.8, 4) is 22.1 Å². The zero-order valence-corrected chi connectivity index (χ0v) is 21.7. The molecule has 0 fully saturated rings. The molecule has 0 saturated heterocycles. The van der Waals surface area contributed by atoms with Crippen molar-refractivity contribution in [2.24, 2.45) is 0 Å². The van der Waals surface area contributed by atoms with E-state index in [1.165, 1.54) is 23.5 Å². The Morgan fingerprint density at radius 2 is 1.78 bits per heavy atom. The standard InChI is InChI=1S/C27H30F3NO4S/c1-6-14-26(5,25(32)33)35-22-13-12-20(15-16(22)3)34-21(7-2)23-17(4)31-24(36-23)18-8-10-19(11-9-18)27(28,29)30/h8-13,15,21H,6-7,14H2,1-5H3,(H,32,33). The van der Waals surface area contributed by atoms with Gasteiger partial charge in [-0.3, -0.25) is 0 Å². The predicted octanol–water partition coefficient (Wildman–Crippen LogP) is 8.00. The summed E-state index contributed by atoms with van der Waals surface area (Å²) >= 11 is 1.39. The zero-order chi connectivity index (χ0) is 26.7. The number of thiazole rings is 1. The summed E-state index contributed by atoms with van der Waals surface area (Å²) in [4.78, 5) is 17.2. The van der Waals surface area contributed by atoms with Crippen molar-refractivity contribution in [2.75, 3.05) is 0 Å². The highest BCUT2D eigenvalue weighted by molar-refractivity contribution is 7.15. The van der Waals surface area contributed by atoms with Crippen molar-refractivity contribution >= 4 is 17.3 Å². The number of halogens is 3. The normalized spacial score (nSPS) is 14.2. The van der Waals surface area contributed by atoms with Crippen molar-refractivity contribution in [2.45, 2.75) is 71.8 Å². The molecule has 0 spiro atoms. The molecular weight excluding hydrogens is 491 g/mol. The molecule has 0 saturated carbocycles. The summed E-state index contributed by atoms with van der Waals surface area (Å²) in [7, 11) is 0. The monoisotopic (exact) mass is 521 g/mol. The molecule has 1 N–H and O–H groups in total. The van der Waals surface area contributed by atoms with Crippen molar-refractivity contribution < 1.29 is 32.5 Å². The van der Waals surface area contributed by atoms with Crippen molar-refractivity contribution in [3.05, 3.63) is 64.2 Å². The average Bonchev–Trinajstić information content (AvgIpc) is 3.20. The number of carbonyl (C=O) groups is 1. The molecule has 0 bridgehead atoms. The van der Waals surface area contributed by atoms with Crippen LogP contribution in [0.4, 0.5) is 13.2 Å². The van der Waals surface area contributed by atoms with Crippen LogP contribution in [0, 0.1) is 13.8 Å². The molecule has 9 heteroatoms. The maximum absolute atomic E-state index is 12.9. The number of aromatic nitrogens is 1. The number of nitrogens with zero attached hydrogens (tertiary/aromatic N) is 1. The predicted molar refractivity (Wildman–Crippen MR) is 134 cm³/mol. The number of rotatable bonds is 10. The molecule has 0 radical (unpaired) electrons. The Labute approximate surface area is 212 Å². The molecule has 0 aliphatic rings. The van der Waals surface area contributed by atoms with Gasteiger partial charge in [-0.05, 0) is 69.5 Å². The second kappa shape index (κ2) is 10.9. The highest BCUT2D eigenvalue weighted by atomic mass is 32.1. The van der Waals surface area contributed by atoms with Crippen LogP contribution in [-0.2, 0) is 11.0 Å². The van der Waals surface area contributed by atoms with Crippen LogP contribution >= 0.6 is 11.3 Å². The minimum Gasteiger partial charge on any atom is -0.485 e. The first-order valence-electron chi connectivity index (χ1n) is 11.7. The molecule has 194 valence electrons. The van der Waals surface area contributed by atoms with Crippen molar-refractivity contribution in [1.82, 2.24) is 4.98 Å². The van der Waals surface area contributed by atoms with Gasteiger partial charge in [0.1, 0.15) is 22.6 Å². The van der Waals surface area contributed by atoms with Crippen LogP contribution in [0.3, 0.4) is 0 Å². The molecule has 1 aromatic heterocycles. The Morgan fingerprint density at radius 3 is 2.31 bits per heavy atom. The van der Waals surface area contributed by atoms with Gasteiger partial charge in [0.15, 0.2) is 0 Å². The van der Waals surface area contributed by atoms with E-state index in [4.69, 9.17) is 9.47 Å². The second-order valence-corrected chi connectivity index (χ2v) is 9.90. The fourth-order valence-corrected chi connectivity index (χ4v) is 5.03. The van der Waals surface area contributed by atoms with E-state index in [9.17, 15) is 23.1 Å². The number of hydrogen-bond acceptors (Lipinski definition) is 5. The third kappa shape index (κ3) is 6.19. The van der Waals surface area contributed by atoms with Gasteiger partial charge in [0.05, 0.1) is 16.1 Å². The lowest BCUT2D eigenvalue weighted by Gasteiger charge is -2.27. The fourth-order valence-electron chi connectivity index (χ4n) is 3.85. The number of carboxylic acid groups (broad SMARTS) is 1. The first-order valence-corrected chi connectivity index (χ1v) is 12.5. The number of aryl methyl sites for hydroxylation is 2. The number of ether oxygens (including phenoxy) is 2. The number of carboxylic acids is 1. The Balaban J connectivity index is 1.80. The van der Waals surface area contributed by atoms with E-state index in [-0.39, 0.29) is 6.10 Å². The summed E-state index contributed by atoms with van der Waals surface area (Å²) in [5.74, 6) is 0.0649. The van der Waals surface area contributed by atoms with Gasteiger partial charge in [0.25, 0.3) is 0 Å². The maximum atomic E-state index is 12.9. The number of benzene rings is 2. The third-order valence-electron chi connectivity index (χ3n) is 5.89.